The van der Waals surface area contributed by atoms with Gasteiger partial charge in [-0.2, -0.15) is 5.26 Å². The minimum absolute atomic E-state index is 0.0436. The lowest BCUT2D eigenvalue weighted by atomic mass is 10.0. The first kappa shape index (κ1) is 13.0. The van der Waals surface area contributed by atoms with E-state index >= 15 is 0 Å². The fraction of sp³-hybridized carbons (Fsp3) is 0.273. The molecule has 1 rings (SSSR count). The van der Waals surface area contributed by atoms with E-state index in [9.17, 15) is 18.0 Å². The Morgan fingerprint density at radius 1 is 1.53 bits per heavy atom. The first-order valence-electron chi connectivity index (χ1n) is 4.70. The average Bonchev–Trinajstić information content (AvgIpc) is 2.28. The maximum absolute atomic E-state index is 13.5. The second-order valence-electron chi connectivity index (χ2n) is 3.02. The van der Waals surface area contributed by atoms with E-state index < -0.39 is 29.3 Å². The fourth-order valence-electron chi connectivity index (χ4n) is 1.25. The molecule has 0 heterocycles. The highest BCUT2D eigenvalue weighted by atomic mass is 19.3. The molecular weight excluding hydrogens is 235 g/mol. The lowest BCUT2D eigenvalue weighted by Gasteiger charge is -2.07. The van der Waals surface area contributed by atoms with E-state index in [1.165, 1.54) is 13.0 Å². The summed E-state index contributed by atoms with van der Waals surface area (Å²) >= 11 is 0. The summed E-state index contributed by atoms with van der Waals surface area (Å²) in [6, 6.07) is 3.12. The Morgan fingerprint density at radius 2 is 2.18 bits per heavy atom. The summed E-state index contributed by atoms with van der Waals surface area (Å²) in [5, 5.41) is 8.68. The summed E-state index contributed by atoms with van der Waals surface area (Å²) in [6.45, 7) is 1.58. The molecule has 0 saturated carbocycles. The predicted molar refractivity (Wildman–Crippen MR) is 52.0 cm³/mol. The van der Waals surface area contributed by atoms with Gasteiger partial charge in [-0.3, -0.25) is 0 Å². The Hall–Kier alpha value is -2.03. The van der Waals surface area contributed by atoms with Gasteiger partial charge in [-0.25, -0.2) is 18.0 Å². The van der Waals surface area contributed by atoms with Gasteiger partial charge in [-0.15, -0.1) is 0 Å². The highest BCUT2D eigenvalue weighted by Crippen LogP contribution is 2.26. The SMILES string of the molecule is CCOC(=O)c1ccc(C(F)F)c(F)c1C#N. The van der Waals surface area contributed by atoms with Gasteiger partial charge in [0.05, 0.1) is 17.7 Å². The molecule has 0 N–H and O–H groups in total. The molecule has 0 aliphatic heterocycles. The monoisotopic (exact) mass is 243 g/mol. The zero-order chi connectivity index (χ0) is 13.0. The Labute approximate surface area is 95.4 Å². The van der Waals surface area contributed by atoms with Crippen LogP contribution < -0.4 is 0 Å². The number of benzene rings is 1. The predicted octanol–water partition coefficient (Wildman–Crippen LogP) is 2.81. The smallest absolute Gasteiger partial charge is 0.339 e. The molecule has 0 radical (unpaired) electrons. The van der Waals surface area contributed by atoms with Crippen LogP contribution in [0.3, 0.4) is 0 Å². The Bertz CT molecular complexity index is 480. The van der Waals surface area contributed by atoms with E-state index in [-0.39, 0.29) is 12.2 Å². The molecule has 0 atom stereocenters. The molecule has 0 amide bonds. The van der Waals surface area contributed by atoms with Crippen molar-refractivity contribution < 1.29 is 22.7 Å². The molecule has 0 fully saturated rings. The largest absolute Gasteiger partial charge is 0.462 e. The molecule has 6 heteroatoms. The maximum atomic E-state index is 13.5. The third-order valence-corrected chi connectivity index (χ3v) is 2.01. The third kappa shape index (κ3) is 2.56. The number of carbonyl (C=O) groups excluding carboxylic acids is 1. The molecule has 3 nitrogen and oxygen atoms in total. The van der Waals surface area contributed by atoms with E-state index in [1.807, 2.05) is 0 Å². The second-order valence-corrected chi connectivity index (χ2v) is 3.02. The molecule has 0 bridgehead atoms. The van der Waals surface area contributed by atoms with Crippen molar-refractivity contribution in [2.45, 2.75) is 13.3 Å². The van der Waals surface area contributed by atoms with Crippen molar-refractivity contribution in [2.24, 2.45) is 0 Å². The molecule has 1 aromatic carbocycles. The zero-order valence-electron chi connectivity index (χ0n) is 8.84. The average molecular weight is 243 g/mol. The Morgan fingerprint density at radius 3 is 2.65 bits per heavy atom. The van der Waals surface area contributed by atoms with E-state index in [0.29, 0.717) is 0 Å². The van der Waals surface area contributed by atoms with Crippen molar-refractivity contribution in [3.63, 3.8) is 0 Å². The Balaban J connectivity index is 3.32. The van der Waals surface area contributed by atoms with Crippen molar-refractivity contribution in [1.82, 2.24) is 0 Å². The van der Waals surface area contributed by atoms with Crippen LogP contribution >= 0.6 is 0 Å². The normalized spacial score (nSPS) is 10.1. The van der Waals surface area contributed by atoms with Crippen LogP contribution in [0.1, 0.15) is 34.8 Å². The first-order valence-corrected chi connectivity index (χ1v) is 4.70. The van der Waals surface area contributed by atoms with Crippen LogP contribution in [-0.4, -0.2) is 12.6 Å². The number of esters is 1. The number of rotatable bonds is 3. The summed E-state index contributed by atoms with van der Waals surface area (Å²) in [4.78, 5) is 11.3. The van der Waals surface area contributed by atoms with Gasteiger partial charge in [0.15, 0.2) is 5.82 Å². The lowest BCUT2D eigenvalue weighted by molar-refractivity contribution is 0.0524. The summed E-state index contributed by atoms with van der Waals surface area (Å²) in [5.41, 5.74) is -1.98. The van der Waals surface area contributed by atoms with Gasteiger partial charge in [-0.1, -0.05) is 0 Å². The van der Waals surface area contributed by atoms with Crippen LogP contribution in [0.15, 0.2) is 12.1 Å². The summed E-state index contributed by atoms with van der Waals surface area (Å²) < 4.78 is 42.8. The topological polar surface area (TPSA) is 50.1 Å². The zero-order valence-corrected chi connectivity index (χ0v) is 8.84. The minimum atomic E-state index is -3.04. The molecule has 0 aliphatic rings. The van der Waals surface area contributed by atoms with Crippen molar-refractivity contribution in [2.75, 3.05) is 6.61 Å². The number of carbonyl (C=O) groups is 1. The number of ether oxygens (including phenoxy) is 1. The highest BCUT2D eigenvalue weighted by Gasteiger charge is 2.22. The van der Waals surface area contributed by atoms with Crippen LogP contribution in [0.4, 0.5) is 13.2 Å². The fourth-order valence-corrected chi connectivity index (χ4v) is 1.25. The Kier molecular flexibility index (Phi) is 4.10. The van der Waals surface area contributed by atoms with E-state index in [4.69, 9.17) is 5.26 Å². The van der Waals surface area contributed by atoms with Crippen LogP contribution in [0.25, 0.3) is 0 Å². The number of hydrogen-bond donors (Lipinski definition) is 0. The molecular formula is C11H8F3NO2. The van der Waals surface area contributed by atoms with Gasteiger partial charge in [-0.05, 0) is 19.1 Å². The van der Waals surface area contributed by atoms with Crippen molar-refractivity contribution in [3.05, 3.63) is 34.6 Å². The second kappa shape index (κ2) is 5.34. The molecule has 0 aromatic heterocycles. The molecule has 1 aromatic rings. The van der Waals surface area contributed by atoms with Gasteiger partial charge in [0.25, 0.3) is 6.43 Å². The van der Waals surface area contributed by atoms with Crippen LogP contribution in [0.2, 0.25) is 0 Å². The first-order chi connectivity index (χ1) is 8.02. The number of halogens is 3. The van der Waals surface area contributed by atoms with Crippen molar-refractivity contribution >= 4 is 5.97 Å². The number of nitrogens with zero attached hydrogens (tertiary/aromatic N) is 1. The molecule has 0 saturated heterocycles. The molecule has 90 valence electrons. The number of hydrogen-bond acceptors (Lipinski definition) is 3. The van der Waals surface area contributed by atoms with Crippen LogP contribution in [-0.2, 0) is 4.74 Å². The summed E-state index contributed by atoms with van der Waals surface area (Å²) in [5.74, 6) is -2.29. The van der Waals surface area contributed by atoms with E-state index in [2.05, 4.69) is 4.74 Å². The van der Waals surface area contributed by atoms with E-state index in [0.717, 1.165) is 12.1 Å². The van der Waals surface area contributed by atoms with Gasteiger partial charge in [0.2, 0.25) is 0 Å². The van der Waals surface area contributed by atoms with E-state index in [1.54, 1.807) is 0 Å². The minimum Gasteiger partial charge on any atom is -0.462 e. The number of alkyl halides is 2. The van der Waals surface area contributed by atoms with Gasteiger partial charge in [0.1, 0.15) is 11.6 Å². The van der Waals surface area contributed by atoms with Crippen molar-refractivity contribution in [1.29, 1.82) is 5.26 Å². The third-order valence-electron chi connectivity index (χ3n) is 2.01. The van der Waals surface area contributed by atoms with Gasteiger partial charge < -0.3 is 4.74 Å². The molecule has 0 unspecified atom stereocenters. The summed E-state index contributed by atoms with van der Waals surface area (Å²) in [7, 11) is 0. The van der Waals surface area contributed by atoms with Crippen molar-refractivity contribution in [3.8, 4) is 6.07 Å². The number of nitriles is 1. The summed E-state index contributed by atoms with van der Waals surface area (Å²) in [6.07, 6.45) is -3.04. The lowest BCUT2D eigenvalue weighted by Crippen LogP contribution is -2.09. The standard InChI is InChI=1S/C11H8F3NO2/c1-2-17-11(16)6-3-4-7(10(13)14)9(12)8(6)5-15/h3-4,10H,2H2,1H3. The molecule has 0 aliphatic carbocycles. The quantitative estimate of drug-likeness (QED) is 0.767. The molecule has 17 heavy (non-hydrogen) atoms. The van der Waals surface area contributed by atoms with Gasteiger partial charge in [0, 0.05) is 0 Å². The molecule has 0 spiro atoms. The maximum Gasteiger partial charge on any atom is 0.339 e. The van der Waals surface area contributed by atoms with Gasteiger partial charge >= 0.3 is 5.97 Å². The van der Waals surface area contributed by atoms with Crippen LogP contribution in [0, 0.1) is 17.1 Å². The highest BCUT2D eigenvalue weighted by molar-refractivity contribution is 5.92. The van der Waals surface area contributed by atoms with Crippen LogP contribution in [0.5, 0.6) is 0 Å².